The Balaban J connectivity index is 1.87. The van der Waals surface area contributed by atoms with Crippen molar-refractivity contribution in [2.75, 3.05) is 31.7 Å². The van der Waals surface area contributed by atoms with Gasteiger partial charge in [-0.1, -0.05) is 0 Å². The number of piperidine rings is 1. The highest BCUT2D eigenvalue weighted by molar-refractivity contribution is 5.85. The van der Waals surface area contributed by atoms with E-state index in [1.807, 2.05) is 25.1 Å². The van der Waals surface area contributed by atoms with Gasteiger partial charge in [0.25, 0.3) is 0 Å². The molecule has 1 aliphatic rings. The molecule has 0 aliphatic carbocycles. The second-order valence-corrected chi connectivity index (χ2v) is 6.22. The van der Waals surface area contributed by atoms with Crippen LogP contribution in [0.1, 0.15) is 25.3 Å². The van der Waals surface area contributed by atoms with Crippen LogP contribution < -0.4 is 9.64 Å². The quantitative estimate of drug-likeness (QED) is 0.806. The minimum absolute atomic E-state index is 0.0626. The molecule has 2 aromatic rings. The second kappa shape index (κ2) is 7.07. The van der Waals surface area contributed by atoms with Gasteiger partial charge in [0.1, 0.15) is 11.6 Å². The fraction of sp³-hybridized carbons (Fsp3) is 0.474. The molecular formula is C19H24N2O3. The number of anilines is 1. The first-order valence-corrected chi connectivity index (χ1v) is 8.49. The molecule has 0 N–H and O–H groups in total. The zero-order valence-corrected chi connectivity index (χ0v) is 14.5. The van der Waals surface area contributed by atoms with Crippen molar-refractivity contribution in [3.05, 3.63) is 29.8 Å². The Morgan fingerprint density at radius 1 is 1.38 bits per heavy atom. The Morgan fingerprint density at radius 2 is 2.21 bits per heavy atom. The molecule has 3 rings (SSSR count). The molecule has 1 aromatic carbocycles. The number of esters is 1. The summed E-state index contributed by atoms with van der Waals surface area (Å²) in [6.45, 7) is 5.96. The summed E-state index contributed by atoms with van der Waals surface area (Å²) in [5, 5.41) is 1.09. The standard InChI is InChI=1S/C19H24N2O3/c1-4-24-19(22)14-6-5-9-21(12-14)18-10-13(2)16-11-15(23-3)7-8-17(16)20-18/h7-8,10-11,14H,4-6,9,12H2,1-3H3. The minimum Gasteiger partial charge on any atom is -0.497 e. The fourth-order valence-corrected chi connectivity index (χ4v) is 3.28. The largest absolute Gasteiger partial charge is 0.497 e. The van der Waals surface area contributed by atoms with Gasteiger partial charge in [-0.05, 0) is 56.5 Å². The summed E-state index contributed by atoms with van der Waals surface area (Å²) in [7, 11) is 1.67. The van der Waals surface area contributed by atoms with Crippen LogP contribution in [0.5, 0.6) is 5.75 Å². The number of hydrogen-bond donors (Lipinski definition) is 0. The van der Waals surface area contributed by atoms with Crippen LogP contribution in [0, 0.1) is 12.8 Å². The van der Waals surface area contributed by atoms with Crippen molar-refractivity contribution in [3.63, 3.8) is 0 Å². The number of ether oxygens (including phenoxy) is 2. The highest BCUT2D eigenvalue weighted by Crippen LogP contribution is 2.28. The summed E-state index contributed by atoms with van der Waals surface area (Å²) < 4.78 is 10.5. The molecule has 1 fully saturated rings. The molecule has 1 saturated heterocycles. The van der Waals surface area contributed by atoms with E-state index in [1.165, 1.54) is 0 Å². The highest BCUT2D eigenvalue weighted by Gasteiger charge is 2.27. The summed E-state index contributed by atoms with van der Waals surface area (Å²) in [6.07, 6.45) is 1.87. The Kier molecular flexibility index (Phi) is 4.88. The first kappa shape index (κ1) is 16.6. The van der Waals surface area contributed by atoms with E-state index in [4.69, 9.17) is 14.5 Å². The van der Waals surface area contributed by atoms with Crippen LogP contribution in [0.3, 0.4) is 0 Å². The topological polar surface area (TPSA) is 51.7 Å². The van der Waals surface area contributed by atoms with Crippen LogP contribution in [0.25, 0.3) is 10.9 Å². The van der Waals surface area contributed by atoms with Gasteiger partial charge in [-0.15, -0.1) is 0 Å². The first-order valence-electron chi connectivity index (χ1n) is 8.49. The second-order valence-electron chi connectivity index (χ2n) is 6.22. The molecule has 0 amide bonds. The molecule has 1 atom stereocenters. The normalized spacial score (nSPS) is 17.8. The zero-order chi connectivity index (χ0) is 17.1. The number of aryl methyl sites for hydroxylation is 1. The predicted octanol–water partition coefficient (Wildman–Crippen LogP) is 3.33. The van der Waals surface area contributed by atoms with E-state index in [-0.39, 0.29) is 11.9 Å². The van der Waals surface area contributed by atoms with Crippen molar-refractivity contribution in [2.24, 2.45) is 5.92 Å². The lowest BCUT2D eigenvalue weighted by Gasteiger charge is -2.32. The molecular weight excluding hydrogens is 304 g/mol. The summed E-state index contributed by atoms with van der Waals surface area (Å²) in [5.41, 5.74) is 2.11. The summed E-state index contributed by atoms with van der Waals surface area (Å²) in [6, 6.07) is 8.02. The van der Waals surface area contributed by atoms with Crippen molar-refractivity contribution in [2.45, 2.75) is 26.7 Å². The number of fused-ring (bicyclic) bond motifs is 1. The Bertz CT molecular complexity index is 745. The number of hydrogen-bond acceptors (Lipinski definition) is 5. The van der Waals surface area contributed by atoms with E-state index >= 15 is 0 Å². The molecule has 1 aliphatic heterocycles. The van der Waals surface area contributed by atoms with E-state index < -0.39 is 0 Å². The summed E-state index contributed by atoms with van der Waals surface area (Å²) in [4.78, 5) is 19.0. The van der Waals surface area contributed by atoms with Crippen LogP contribution in [-0.2, 0) is 9.53 Å². The number of methoxy groups -OCH3 is 1. The molecule has 0 bridgehead atoms. The molecule has 2 heterocycles. The summed E-state index contributed by atoms with van der Waals surface area (Å²) >= 11 is 0. The van der Waals surface area contributed by atoms with Crippen molar-refractivity contribution < 1.29 is 14.3 Å². The number of aromatic nitrogens is 1. The average Bonchev–Trinajstić information content (AvgIpc) is 2.61. The maximum atomic E-state index is 12.0. The van der Waals surface area contributed by atoms with Gasteiger partial charge in [-0.25, -0.2) is 4.98 Å². The van der Waals surface area contributed by atoms with E-state index in [2.05, 4.69) is 17.9 Å². The molecule has 5 nitrogen and oxygen atoms in total. The molecule has 0 saturated carbocycles. The lowest BCUT2D eigenvalue weighted by Crippen LogP contribution is -2.39. The van der Waals surface area contributed by atoms with Gasteiger partial charge in [0, 0.05) is 18.5 Å². The SMILES string of the molecule is CCOC(=O)C1CCCN(c2cc(C)c3cc(OC)ccc3n2)C1. The monoisotopic (exact) mass is 328 g/mol. The zero-order valence-electron chi connectivity index (χ0n) is 14.5. The number of rotatable bonds is 4. The maximum Gasteiger partial charge on any atom is 0.310 e. The molecule has 1 aromatic heterocycles. The predicted molar refractivity (Wildman–Crippen MR) is 94.6 cm³/mol. The van der Waals surface area contributed by atoms with Crippen LogP contribution in [0.4, 0.5) is 5.82 Å². The minimum atomic E-state index is -0.0931. The average molecular weight is 328 g/mol. The number of pyridine rings is 1. The van der Waals surface area contributed by atoms with E-state index in [1.54, 1.807) is 7.11 Å². The molecule has 1 unspecified atom stereocenters. The van der Waals surface area contributed by atoms with Crippen molar-refractivity contribution in [1.82, 2.24) is 4.98 Å². The Morgan fingerprint density at radius 3 is 2.96 bits per heavy atom. The van der Waals surface area contributed by atoms with Crippen LogP contribution in [0.15, 0.2) is 24.3 Å². The lowest BCUT2D eigenvalue weighted by atomic mass is 9.98. The van der Waals surface area contributed by atoms with Gasteiger partial charge < -0.3 is 14.4 Å². The maximum absolute atomic E-state index is 12.0. The van der Waals surface area contributed by atoms with Gasteiger partial charge in [0.05, 0.1) is 25.2 Å². The Labute approximate surface area is 142 Å². The van der Waals surface area contributed by atoms with Gasteiger partial charge in [0.15, 0.2) is 0 Å². The number of nitrogens with zero attached hydrogens (tertiary/aromatic N) is 2. The van der Waals surface area contributed by atoms with Gasteiger partial charge >= 0.3 is 5.97 Å². The fourth-order valence-electron chi connectivity index (χ4n) is 3.28. The highest BCUT2D eigenvalue weighted by atomic mass is 16.5. The molecule has 128 valence electrons. The smallest absolute Gasteiger partial charge is 0.310 e. The van der Waals surface area contributed by atoms with Crippen LogP contribution >= 0.6 is 0 Å². The first-order chi connectivity index (χ1) is 11.6. The van der Waals surface area contributed by atoms with Crippen molar-refractivity contribution >= 4 is 22.7 Å². The molecule has 0 spiro atoms. The molecule has 5 heteroatoms. The van der Waals surface area contributed by atoms with Crippen molar-refractivity contribution in [3.8, 4) is 5.75 Å². The third-order valence-electron chi connectivity index (χ3n) is 4.57. The van der Waals surface area contributed by atoms with Crippen LogP contribution in [0.2, 0.25) is 0 Å². The third-order valence-corrected chi connectivity index (χ3v) is 4.57. The molecule has 24 heavy (non-hydrogen) atoms. The Hall–Kier alpha value is -2.30. The van der Waals surface area contributed by atoms with Crippen molar-refractivity contribution in [1.29, 1.82) is 0 Å². The summed E-state index contributed by atoms with van der Waals surface area (Å²) in [5.74, 6) is 1.61. The van der Waals surface area contributed by atoms with Gasteiger partial charge in [0.2, 0.25) is 0 Å². The van der Waals surface area contributed by atoms with E-state index in [0.29, 0.717) is 13.2 Å². The van der Waals surface area contributed by atoms with Gasteiger partial charge in [-0.2, -0.15) is 0 Å². The van der Waals surface area contributed by atoms with Crippen LogP contribution in [-0.4, -0.2) is 37.8 Å². The van der Waals surface area contributed by atoms with Gasteiger partial charge in [-0.3, -0.25) is 4.79 Å². The van der Waals surface area contributed by atoms with E-state index in [9.17, 15) is 4.79 Å². The third kappa shape index (κ3) is 3.30. The lowest BCUT2D eigenvalue weighted by molar-refractivity contribution is -0.148. The number of benzene rings is 1. The number of carbonyl (C=O) groups excluding carboxylic acids is 1. The number of carbonyl (C=O) groups is 1. The van der Waals surface area contributed by atoms with E-state index in [0.717, 1.165) is 47.4 Å². The molecule has 0 radical (unpaired) electrons.